The summed E-state index contributed by atoms with van der Waals surface area (Å²) in [5.74, 6) is 0.647. The molecule has 0 atom stereocenters. The Hall–Kier alpha value is -4.43. The maximum atomic E-state index is 14.6. The molecule has 2 aromatic heterocycles. The van der Waals surface area contributed by atoms with Crippen LogP contribution in [0.2, 0.25) is 0 Å². The van der Waals surface area contributed by atoms with Gasteiger partial charge in [-0.1, -0.05) is 51.8 Å². The van der Waals surface area contributed by atoms with Crippen LogP contribution < -0.4 is 21.2 Å². The molecule has 0 amide bonds. The molecule has 43 heavy (non-hydrogen) atoms. The lowest BCUT2D eigenvalue weighted by molar-refractivity contribution is 0.425. The highest BCUT2D eigenvalue weighted by Gasteiger charge is 2.12. The molecule has 0 aliphatic carbocycles. The summed E-state index contributed by atoms with van der Waals surface area (Å²) in [5.41, 5.74) is 7.47. The van der Waals surface area contributed by atoms with Crippen molar-refractivity contribution in [2.75, 3.05) is 32.5 Å². The van der Waals surface area contributed by atoms with Gasteiger partial charge in [0.05, 0.1) is 22.9 Å². The standard InChI is InChI=1S/C33H42FN7.C2H6/c1-11-12-30(27-17-28(34)19-29(18-27)35-15-16-40(8)9)22(3)24(5)37-25(6)33-23(4)31(38-39-33)14-13-21(2)32-20-36-26(7)41(32)10;1-2/h11-14,17-20,35,37-38H,1,4,6,15-16H2,2-3,5,7-10H3;1-2H3/b21-13+,24-22+,30-12+,31-14+;. The maximum Gasteiger partial charge on any atom is 0.125 e. The lowest BCUT2D eigenvalue weighted by atomic mass is 9.96. The smallest absolute Gasteiger partial charge is 0.125 e. The van der Waals surface area contributed by atoms with Gasteiger partial charge in [0.2, 0.25) is 0 Å². The average Bonchev–Trinajstić information content (AvgIpc) is 3.51. The van der Waals surface area contributed by atoms with E-state index in [9.17, 15) is 4.39 Å². The molecule has 1 aromatic carbocycles. The van der Waals surface area contributed by atoms with Crippen LogP contribution in [0.3, 0.4) is 0 Å². The molecule has 0 aliphatic rings. The Morgan fingerprint density at radius 2 is 1.84 bits per heavy atom. The largest absolute Gasteiger partial charge is 0.384 e. The van der Waals surface area contributed by atoms with Crippen LogP contribution in [-0.4, -0.2) is 51.8 Å². The van der Waals surface area contributed by atoms with E-state index < -0.39 is 0 Å². The quantitative estimate of drug-likeness (QED) is 0.227. The summed E-state index contributed by atoms with van der Waals surface area (Å²) < 4.78 is 16.7. The fraction of sp³-hybridized carbons (Fsp3) is 0.314. The highest BCUT2D eigenvalue weighted by Crippen LogP contribution is 2.28. The maximum absolute atomic E-state index is 14.6. The molecule has 3 aromatic rings. The van der Waals surface area contributed by atoms with Crippen LogP contribution >= 0.6 is 0 Å². The molecule has 0 bridgehead atoms. The van der Waals surface area contributed by atoms with Crippen LogP contribution in [-0.2, 0) is 7.05 Å². The van der Waals surface area contributed by atoms with E-state index >= 15 is 0 Å². The lowest BCUT2D eigenvalue weighted by Gasteiger charge is -2.17. The van der Waals surface area contributed by atoms with Crippen molar-refractivity contribution in [2.45, 2.75) is 41.5 Å². The molecule has 3 rings (SSSR count). The number of nitrogens with one attached hydrogen (secondary N) is 3. The van der Waals surface area contributed by atoms with Gasteiger partial charge in [-0.05, 0) is 88.3 Å². The number of imidazole rings is 1. The number of H-pyrrole nitrogens is 1. The van der Waals surface area contributed by atoms with E-state index in [4.69, 9.17) is 0 Å². The molecule has 8 heteroatoms. The monoisotopic (exact) mass is 585 g/mol. The number of anilines is 1. The third-order valence-corrected chi connectivity index (χ3v) is 7.00. The number of aryl methyl sites for hydroxylation is 1. The van der Waals surface area contributed by atoms with Gasteiger partial charge in [-0.15, -0.1) is 0 Å². The van der Waals surface area contributed by atoms with Crippen molar-refractivity contribution in [3.63, 3.8) is 0 Å². The fourth-order valence-corrected chi connectivity index (χ4v) is 4.34. The highest BCUT2D eigenvalue weighted by molar-refractivity contribution is 5.82. The Kier molecular flexibility index (Phi) is 13.2. The minimum absolute atomic E-state index is 0.308. The molecule has 230 valence electrons. The number of allylic oxidation sites excluding steroid dienone is 7. The van der Waals surface area contributed by atoms with Gasteiger partial charge < -0.3 is 20.1 Å². The molecular weight excluding hydrogens is 537 g/mol. The van der Waals surface area contributed by atoms with Crippen LogP contribution in [0, 0.1) is 12.7 Å². The molecular formula is C35H48FN7. The first-order chi connectivity index (χ1) is 20.4. The summed E-state index contributed by atoms with van der Waals surface area (Å²) in [5, 5.41) is 15.7. The second kappa shape index (κ2) is 16.3. The van der Waals surface area contributed by atoms with E-state index in [1.54, 1.807) is 6.08 Å². The normalized spacial score (nSPS) is 13.0. The molecule has 3 N–H and O–H groups in total. The molecule has 0 saturated heterocycles. The number of hydrogen-bond acceptors (Lipinski definition) is 5. The van der Waals surface area contributed by atoms with Crippen LogP contribution in [0.5, 0.6) is 0 Å². The molecule has 0 unspecified atom stereocenters. The van der Waals surface area contributed by atoms with Crippen molar-refractivity contribution >= 4 is 35.2 Å². The fourth-order valence-electron chi connectivity index (χ4n) is 4.34. The van der Waals surface area contributed by atoms with Gasteiger partial charge in [0, 0.05) is 36.7 Å². The van der Waals surface area contributed by atoms with Crippen LogP contribution in [0.4, 0.5) is 10.1 Å². The first kappa shape index (κ1) is 34.8. The molecule has 0 saturated carbocycles. The molecule has 0 spiro atoms. The van der Waals surface area contributed by atoms with Gasteiger partial charge in [-0.3, -0.25) is 5.10 Å². The number of aromatic amines is 1. The summed E-state index contributed by atoms with van der Waals surface area (Å²) >= 11 is 0. The van der Waals surface area contributed by atoms with Crippen LogP contribution in [0.15, 0.2) is 67.1 Å². The number of halogens is 1. The first-order valence-electron chi connectivity index (χ1n) is 14.5. The van der Waals surface area contributed by atoms with E-state index in [1.807, 2.05) is 97.7 Å². The zero-order valence-electron chi connectivity index (χ0n) is 27.3. The third-order valence-electron chi connectivity index (χ3n) is 7.00. The number of nitrogens with zero attached hydrogens (tertiary/aromatic N) is 4. The Labute approximate surface area is 256 Å². The van der Waals surface area contributed by atoms with Gasteiger partial charge in [0.1, 0.15) is 17.3 Å². The van der Waals surface area contributed by atoms with E-state index in [0.29, 0.717) is 17.9 Å². The zero-order valence-corrected chi connectivity index (χ0v) is 27.3. The third kappa shape index (κ3) is 9.28. The van der Waals surface area contributed by atoms with E-state index in [0.717, 1.165) is 62.3 Å². The summed E-state index contributed by atoms with van der Waals surface area (Å²) in [6.07, 6.45) is 9.43. The molecule has 0 radical (unpaired) electrons. The summed E-state index contributed by atoms with van der Waals surface area (Å²) in [6, 6.07) is 4.99. The van der Waals surface area contributed by atoms with Gasteiger partial charge in [0.25, 0.3) is 0 Å². The second-order valence-corrected chi connectivity index (χ2v) is 10.4. The molecule has 2 heterocycles. The molecule has 7 nitrogen and oxygen atoms in total. The van der Waals surface area contributed by atoms with Crippen LogP contribution in [0.1, 0.15) is 57.4 Å². The van der Waals surface area contributed by atoms with E-state index in [-0.39, 0.29) is 5.82 Å². The van der Waals surface area contributed by atoms with E-state index in [2.05, 4.69) is 50.5 Å². The minimum Gasteiger partial charge on any atom is -0.384 e. The summed E-state index contributed by atoms with van der Waals surface area (Å²) in [4.78, 5) is 6.44. The predicted octanol–water partition coefficient (Wildman–Crippen LogP) is 6.01. The second-order valence-electron chi connectivity index (χ2n) is 10.4. The van der Waals surface area contributed by atoms with Crippen molar-refractivity contribution < 1.29 is 4.39 Å². The van der Waals surface area contributed by atoms with Crippen molar-refractivity contribution in [2.24, 2.45) is 7.05 Å². The van der Waals surface area contributed by atoms with Gasteiger partial charge in [-0.25, -0.2) is 9.37 Å². The van der Waals surface area contributed by atoms with Gasteiger partial charge in [0.15, 0.2) is 0 Å². The van der Waals surface area contributed by atoms with E-state index in [1.165, 1.54) is 12.1 Å². The van der Waals surface area contributed by atoms with Crippen molar-refractivity contribution in [3.05, 3.63) is 106 Å². The topological polar surface area (TPSA) is 73.8 Å². The lowest BCUT2D eigenvalue weighted by Crippen LogP contribution is -2.25. The Morgan fingerprint density at radius 1 is 1.14 bits per heavy atom. The van der Waals surface area contributed by atoms with Crippen molar-refractivity contribution in [1.29, 1.82) is 0 Å². The zero-order chi connectivity index (χ0) is 32.3. The SMILES string of the molecule is C=C/C=C(\C(C)=C(/C)NC(=C)c1n[nH]/c(=C/C=C(\C)c2cnc(C)n2C)c1=C)c1cc(F)cc(NCCN(C)C)c1.CC. The number of hydrogen-bond donors (Lipinski definition) is 3. The highest BCUT2D eigenvalue weighted by atomic mass is 19.1. The Morgan fingerprint density at radius 3 is 2.44 bits per heavy atom. The van der Waals surface area contributed by atoms with Crippen molar-refractivity contribution in [1.82, 2.24) is 30.0 Å². The predicted molar refractivity (Wildman–Crippen MR) is 183 cm³/mol. The van der Waals surface area contributed by atoms with Gasteiger partial charge in [-0.2, -0.15) is 5.10 Å². The number of aromatic nitrogens is 4. The molecule has 0 fully saturated rings. The summed E-state index contributed by atoms with van der Waals surface area (Å²) in [6.45, 7) is 25.8. The number of rotatable bonds is 12. The average molecular weight is 586 g/mol. The Balaban J connectivity index is 0.00000316. The van der Waals surface area contributed by atoms with Crippen molar-refractivity contribution in [3.8, 4) is 0 Å². The van der Waals surface area contributed by atoms with Gasteiger partial charge >= 0.3 is 0 Å². The summed E-state index contributed by atoms with van der Waals surface area (Å²) in [7, 11) is 6.00. The Bertz CT molecular complexity index is 1630. The number of likely N-dealkylation sites (N-methyl/N-ethyl adjacent to an activating group) is 1. The van der Waals surface area contributed by atoms with Crippen LogP contribution in [0.25, 0.3) is 29.5 Å². The first-order valence-corrected chi connectivity index (χ1v) is 14.5. The number of benzene rings is 1. The minimum atomic E-state index is -0.308. The molecule has 0 aliphatic heterocycles.